The first-order valence-corrected chi connectivity index (χ1v) is 8.25. The number of hydrogen-bond acceptors (Lipinski definition) is 2. The van der Waals surface area contributed by atoms with E-state index in [1.807, 2.05) is 12.1 Å². The van der Waals surface area contributed by atoms with Gasteiger partial charge in [0.15, 0.2) is 0 Å². The SMILES string of the molecule is CCNCC1CCCCN(C)C1c1ccc(Cl)c(Cl)c1. The zero-order valence-electron chi connectivity index (χ0n) is 12.3. The molecular weight excluding hydrogens is 291 g/mol. The van der Waals surface area contributed by atoms with Crippen molar-refractivity contribution in [3.63, 3.8) is 0 Å². The fourth-order valence-corrected chi connectivity index (χ4v) is 3.50. The summed E-state index contributed by atoms with van der Waals surface area (Å²) in [4.78, 5) is 2.47. The average Bonchev–Trinajstić information content (AvgIpc) is 2.61. The molecule has 2 unspecified atom stereocenters. The molecule has 1 aromatic carbocycles. The molecule has 4 heteroatoms. The number of likely N-dealkylation sites (tertiary alicyclic amines) is 1. The molecule has 0 aliphatic carbocycles. The Morgan fingerprint density at radius 2 is 2.05 bits per heavy atom. The molecule has 1 aliphatic rings. The van der Waals surface area contributed by atoms with Crippen LogP contribution >= 0.6 is 23.2 Å². The number of hydrogen-bond donors (Lipinski definition) is 1. The van der Waals surface area contributed by atoms with Crippen LogP contribution in [0.15, 0.2) is 18.2 Å². The van der Waals surface area contributed by atoms with Crippen LogP contribution in [0.25, 0.3) is 0 Å². The second-order valence-corrected chi connectivity index (χ2v) is 6.48. The molecule has 2 nitrogen and oxygen atoms in total. The Morgan fingerprint density at radius 3 is 2.75 bits per heavy atom. The van der Waals surface area contributed by atoms with Crippen LogP contribution in [0.4, 0.5) is 0 Å². The van der Waals surface area contributed by atoms with Crippen LogP contribution in [0, 0.1) is 5.92 Å². The van der Waals surface area contributed by atoms with Crippen LogP contribution in [0.3, 0.4) is 0 Å². The van der Waals surface area contributed by atoms with Crippen molar-refractivity contribution < 1.29 is 0 Å². The zero-order chi connectivity index (χ0) is 14.5. The quantitative estimate of drug-likeness (QED) is 0.887. The Kier molecular flexibility index (Phi) is 6.16. The molecule has 0 radical (unpaired) electrons. The van der Waals surface area contributed by atoms with E-state index >= 15 is 0 Å². The molecule has 1 saturated heterocycles. The predicted octanol–water partition coefficient (Wildman–Crippen LogP) is 4.38. The lowest BCUT2D eigenvalue weighted by Crippen LogP contribution is -2.34. The Hall–Kier alpha value is -0.280. The molecule has 1 N–H and O–H groups in total. The van der Waals surface area contributed by atoms with E-state index in [2.05, 4.69) is 30.3 Å². The Labute approximate surface area is 132 Å². The minimum absolute atomic E-state index is 0.423. The summed E-state index contributed by atoms with van der Waals surface area (Å²) in [5, 5.41) is 4.80. The second kappa shape index (κ2) is 7.65. The first kappa shape index (κ1) is 16.1. The summed E-state index contributed by atoms with van der Waals surface area (Å²) in [6, 6.07) is 6.50. The van der Waals surface area contributed by atoms with Gasteiger partial charge in [0.25, 0.3) is 0 Å². The molecule has 1 fully saturated rings. The van der Waals surface area contributed by atoms with Gasteiger partial charge in [0.05, 0.1) is 10.0 Å². The summed E-state index contributed by atoms with van der Waals surface area (Å²) in [6.07, 6.45) is 3.84. The normalized spacial score (nSPS) is 24.6. The van der Waals surface area contributed by atoms with Gasteiger partial charge in [0.2, 0.25) is 0 Å². The van der Waals surface area contributed by atoms with Crippen LogP contribution < -0.4 is 5.32 Å². The Morgan fingerprint density at radius 1 is 1.25 bits per heavy atom. The smallest absolute Gasteiger partial charge is 0.0595 e. The van der Waals surface area contributed by atoms with Gasteiger partial charge in [-0.25, -0.2) is 0 Å². The Bertz CT molecular complexity index is 436. The molecule has 112 valence electrons. The maximum Gasteiger partial charge on any atom is 0.0595 e. The largest absolute Gasteiger partial charge is 0.317 e. The zero-order valence-corrected chi connectivity index (χ0v) is 13.8. The number of nitrogens with zero attached hydrogens (tertiary/aromatic N) is 1. The van der Waals surface area contributed by atoms with E-state index in [-0.39, 0.29) is 0 Å². The summed E-state index contributed by atoms with van der Waals surface area (Å²) >= 11 is 12.3. The molecule has 1 aliphatic heterocycles. The van der Waals surface area contributed by atoms with Crippen molar-refractivity contribution in [3.05, 3.63) is 33.8 Å². The first-order chi connectivity index (χ1) is 9.63. The van der Waals surface area contributed by atoms with Crippen molar-refractivity contribution in [1.29, 1.82) is 0 Å². The van der Waals surface area contributed by atoms with Crippen molar-refractivity contribution in [3.8, 4) is 0 Å². The third kappa shape index (κ3) is 3.88. The number of nitrogens with one attached hydrogen (secondary N) is 1. The summed E-state index contributed by atoms with van der Waals surface area (Å²) in [6.45, 7) is 5.39. The summed E-state index contributed by atoms with van der Waals surface area (Å²) in [5.74, 6) is 0.625. The average molecular weight is 315 g/mol. The summed E-state index contributed by atoms with van der Waals surface area (Å²) in [5.41, 5.74) is 1.28. The van der Waals surface area contributed by atoms with Gasteiger partial charge in [-0.3, -0.25) is 4.90 Å². The summed E-state index contributed by atoms with van der Waals surface area (Å²) < 4.78 is 0. The molecule has 1 heterocycles. The Balaban J connectivity index is 2.26. The molecule has 0 saturated carbocycles. The van der Waals surface area contributed by atoms with Gasteiger partial charge in [0.1, 0.15) is 0 Å². The van der Waals surface area contributed by atoms with Crippen molar-refractivity contribution in [2.45, 2.75) is 32.2 Å². The van der Waals surface area contributed by atoms with Crippen molar-refractivity contribution in [2.75, 3.05) is 26.7 Å². The van der Waals surface area contributed by atoms with Gasteiger partial charge in [-0.2, -0.15) is 0 Å². The van der Waals surface area contributed by atoms with E-state index in [4.69, 9.17) is 23.2 Å². The number of benzene rings is 1. The minimum atomic E-state index is 0.423. The fraction of sp³-hybridized carbons (Fsp3) is 0.625. The second-order valence-electron chi connectivity index (χ2n) is 5.66. The minimum Gasteiger partial charge on any atom is -0.317 e. The highest BCUT2D eigenvalue weighted by atomic mass is 35.5. The highest BCUT2D eigenvalue weighted by Crippen LogP contribution is 2.36. The van der Waals surface area contributed by atoms with Gasteiger partial charge in [0, 0.05) is 6.04 Å². The van der Waals surface area contributed by atoms with E-state index in [1.165, 1.54) is 24.8 Å². The molecule has 2 atom stereocenters. The molecule has 0 amide bonds. The molecule has 0 bridgehead atoms. The third-order valence-corrected chi connectivity index (χ3v) is 4.94. The van der Waals surface area contributed by atoms with Crippen molar-refractivity contribution >= 4 is 23.2 Å². The van der Waals surface area contributed by atoms with Crippen LogP contribution in [-0.2, 0) is 0 Å². The molecule has 0 aromatic heterocycles. The van der Waals surface area contributed by atoms with Crippen molar-refractivity contribution in [1.82, 2.24) is 10.2 Å². The lowest BCUT2D eigenvalue weighted by molar-refractivity contribution is 0.189. The van der Waals surface area contributed by atoms with Gasteiger partial charge < -0.3 is 5.32 Å². The van der Waals surface area contributed by atoms with Crippen LogP contribution in [0.1, 0.15) is 37.8 Å². The van der Waals surface area contributed by atoms with E-state index < -0.39 is 0 Å². The van der Waals surface area contributed by atoms with E-state index in [0.29, 0.717) is 22.0 Å². The topological polar surface area (TPSA) is 15.3 Å². The van der Waals surface area contributed by atoms with Gasteiger partial charge >= 0.3 is 0 Å². The molecule has 2 rings (SSSR count). The standard InChI is InChI=1S/C16H24Cl2N2/c1-3-19-11-13-6-4-5-9-20(2)16(13)12-7-8-14(17)15(18)10-12/h7-8,10,13,16,19H,3-6,9,11H2,1-2H3. The molecular formula is C16H24Cl2N2. The van der Waals surface area contributed by atoms with E-state index in [1.54, 1.807) is 0 Å². The highest BCUT2D eigenvalue weighted by molar-refractivity contribution is 6.42. The lowest BCUT2D eigenvalue weighted by Gasteiger charge is -2.33. The van der Waals surface area contributed by atoms with Crippen LogP contribution in [-0.4, -0.2) is 31.6 Å². The number of halogens is 2. The summed E-state index contributed by atoms with van der Waals surface area (Å²) in [7, 11) is 2.22. The van der Waals surface area contributed by atoms with Gasteiger partial charge in [-0.05, 0) is 63.1 Å². The lowest BCUT2D eigenvalue weighted by atomic mass is 9.89. The number of rotatable bonds is 4. The van der Waals surface area contributed by atoms with Crippen LogP contribution in [0.2, 0.25) is 10.0 Å². The van der Waals surface area contributed by atoms with Gasteiger partial charge in [-0.15, -0.1) is 0 Å². The predicted molar refractivity (Wildman–Crippen MR) is 87.7 cm³/mol. The third-order valence-electron chi connectivity index (χ3n) is 4.20. The van der Waals surface area contributed by atoms with E-state index in [0.717, 1.165) is 19.6 Å². The molecule has 20 heavy (non-hydrogen) atoms. The van der Waals surface area contributed by atoms with E-state index in [9.17, 15) is 0 Å². The molecule has 0 spiro atoms. The fourth-order valence-electron chi connectivity index (χ4n) is 3.19. The van der Waals surface area contributed by atoms with Crippen molar-refractivity contribution in [2.24, 2.45) is 5.92 Å². The molecule has 1 aromatic rings. The highest BCUT2D eigenvalue weighted by Gasteiger charge is 2.28. The monoisotopic (exact) mass is 314 g/mol. The van der Waals surface area contributed by atoms with Crippen LogP contribution in [0.5, 0.6) is 0 Å². The maximum absolute atomic E-state index is 6.21. The maximum atomic E-state index is 6.21. The first-order valence-electron chi connectivity index (χ1n) is 7.49. The van der Waals surface area contributed by atoms with Gasteiger partial charge in [-0.1, -0.05) is 42.6 Å².